The number of nitrogens with one attached hydrogen (secondary N) is 1. The molecule has 1 heterocycles. The molecule has 0 saturated carbocycles. The van der Waals surface area contributed by atoms with Crippen LogP contribution in [-0.4, -0.2) is 21.5 Å². The van der Waals surface area contributed by atoms with Crippen molar-refractivity contribution in [2.24, 2.45) is 5.92 Å². The van der Waals surface area contributed by atoms with Crippen molar-refractivity contribution in [2.75, 3.05) is 6.54 Å². The van der Waals surface area contributed by atoms with Crippen LogP contribution in [0.1, 0.15) is 31.5 Å². The first kappa shape index (κ1) is 18.6. The fourth-order valence-electron chi connectivity index (χ4n) is 2.74. The molecule has 0 unspecified atom stereocenters. The van der Waals surface area contributed by atoms with E-state index in [0.29, 0.717) is 12.5 Å². The molecular weight excluding hydrogens is 344 g/mol. The van der Waals surface area contributed by atoms with E-state index in [2.05, 4.69) is 31.3 Å². The monoisotopic (exact) mass is 368 g/mol. The Morgan fingerprint density at radius 3 is 2.42 bits per heavy atom. The molecule has 26 heavy (non-hydrogen) atoms. The van der Waals surface area contributed by atoms with Crippen LogP contribution < -0.4 is 5.32 Å². The van der Waals surface area contributed by atoms with Gasteiger partial charge in [0.15, 0.2) is 0 Å². The van der Waals surface area contributed by atoms with Crippen LogP contribution in [0.15, 0.2) is 54.6 Å². The maximum Gasteiger partial charge on any atom is 0.117 e. The van der Waals surface area contributed by atoms with E-state index in [1.165, 1.54) is 0 Å². The molecule has 1 aromatic heterocycles. The highest BCUT2D eigenvalue weighted by Gasteiger charge is 2.13. The Morgan fingerprint density at radius 1 is 1.00 bits per heavy atom. The van der Waals surface area contributed by atoms with Gasteiger partial charge in [0.25, 0.3) is 0 Å². The number of hydrogen-bond acceptors (Lipinski definition) is 3. The van der Waals surface area contributed by atoms with Crippen molar-refractivity contribution in [2.45, 2.75) is 33.4 Å². The standard InChI is InChI=1S/C21H25ClN4/c1-16(2)12-13-23-14-20-21(18-6-4-3-5-7-18)25-26(24-20)15-17-8-10-19(22)11-9-17/h3-11,16,23H,12-15H2,1-2H3. The largest absolute Gasteiger partial charge is 0.311 e. The lowest BCUT2D eigenvalue weighted by molar-refractivity contribution is 0.529. The highest BCUT2D eigenvalue weighted by molar-refractivity contribution is 6.30. The second kappa shape index (κ2) is 8.97. The van der Waals surface area contributed by atoms with E-state index >= 15 is 0 Å². The Kier molecular flexibility index (Phi) is 6.42. The molecular formula is C21H25ClN4. The lowest BCUT2D eigenvalue weighted by Gasteiger charge is -2.06. The average Bonchev–Trinajstić information content (AvgIpc) is 3.04. The average molecular weight is 369 g/mol. The van der Waals surface area contributed by atoms with Crippen LogP contribution in [0.2, 0.25) is 5.02 Å². The third kappa shape index (κ3) is 5.16. The highest BCUT2D eigenvalue weighted by atomic mass is 35.5. The minimum Gasteiger partial charge on any atom is -0.311 e. The summed E-state index contributed by atoms with van der Waals surface area (Å²) in [4.78, 5) is 1.77. The number of halogens is 1. The molecule has 136 valence electrons. The molecule has 0 bridgehead atoms. The second-order valence-electron chi connectivity index (χ2n) is 6.88. The summed E-state index contributed by atoms with van der Waals surface area (Å²) in [5, 5.41) is 13.7. The summed E-state index contributed by atoms with van der Waals surface area (Å²) in [6.45, 7) is 6.80. The SMILES string of the molecule is CC(C)CCNCc1nn(Cc2ccc(Cl)cc2)nc1-c1ccccc1. The molecule has 0 atom stereocenters. The van der Waals surface area contributed by atoms with E-state index in [4.69, 9.17) is 21.8 Å². The van der Waals surface area contributed by atoms with E-state index in [1.54, 1.807) is 4.80 Å². The quantitative estimate of drug-likeness (QED) is 0.582. The van der Waals surface area contributed by atoms with Crippen LogP contribution in [0, 0.1) is 5.92 Å². The van der Waals surface area contributed by atoms with Gasteiger partial charge in [0.05, 0.1) is 6.54 Å². The number of aromatic nitrogens is 3. The molecule has 0 aliphatic rings. The van der Waals surface area contributed by atoms with Crippen molar-refractivity contribution in [3.63, 3.8) is 0 Å². The Hall–Kier alpha value is -2.17. The van der Waals surface area contributed by atoms with E-state index < -0.39 is 0 Å². The molecule has 4 nitrogen and oxygen atoms in total. The van der Waals surface area contributed by atoms with Crippen molar-refractivity contribution in [1.82, 2.24) is 20.3 Å². The molecule has 0 radical (unpaired) electrons. The molecule has 0 spiro atoms. The van der Waals surface area contributed by atoms with Crippen LogP contribution in [-0.2, 0) is 13.1 Å². The van der Waals surface area contributed by atoms with Gasteiger partial charge in [0.1, 0.15) is 11.4 Å². The molecule has 0 fully saturated rings. The van der Waals surface area contributed by atoms with Gasteiger partial charge in [-0.15, -0.1) is 0 Å². The number of nitrogens with zero attached hydrogens (tertiary/aromatic N) is 3. The van der Waals surface area contributed by atoms with Crippen molar-refractivity contribution in [3.05, 3.63) is 70.9 Å². The molecule has 3 rings (SSSR count). The summed E-state index contributed by atoms with van der Waals surface area (Å²) >= 11 is 5.97. The molecule has 2 aromatic carbocycles. The molecule has 3 aromatic rings. The zero-order chi connectivity index (χ0) is 18.4. The lowest BCUT2D eigenvalue weighted by Crippen LogP contribution is -2.17. The minimum atomic E-state index is 0.628. The predicted octanol–water partition coefficient (Wildman–Crippen LogP) is 4.78. The van der Waals surface area contributed by atoms with Gasteiger partial charge in [-0.1, -0.05) is 67.9 Å². The van der Waals surface area contributed by atoms with E-state index in [9.17, 15) is 0 Å². The van der Waals surface area contributed by atoms with Gasteiger partial charge in [-0.25, -0.2) is 0 Å². The third-order valence-corrected chi connectivity index (χ3v) is 4.45. The first-order valence-electron chi connectivity index (χ1n) is 9.06. The van der Waals surface area contributed by atoms with Gasteiger partial charge in [0.2, 0.25) is 0 Å². The van der Waals surface area contributed by atoms with E-state index in [0.717, 1.165) is 47.0 Å². The third-order valence-electron chi connectivity index (χ3n) is 4.20. The number of hydrogen-bond donors (Lipinski definition) is 1. The van der Waals surface area contributed by atoms with Gasteiger partial charge >= 0.3 is 0 Å². The fraction of sp³-hybridized carbons (Fsp3) is 0.333. The van der Waals surface area contributed by atoms with Crippen molar-refractivity contribution in [1.29, 1.82) is 0 Å². The van der Waals surface area contributed by atoms with Gasteiger partial charge in [-0.05, 0) is 36.6 Å². The first-order chi connectivity index (χ1) is 12.6. The summed E-state index contributed by atoms with van der Waals surface area (Å²) < 4.78 is 0. The molecule has 0 saturated heterocycles. The second-order valence-corrected chi connectivity index (χ2v) is 7.31. The van der Waals surface area contributed by atoms with Crippen LogP contribution in [0.4, 0.5) is 0 Å². The molecule has 0 amide bonds. The summed E-state index contributed by atoms with van der Waals surface area (Å²) in [6, 6.07) is 18.0. The Balaban J connectivity index is 1.79. The Morgan fingerprint density at radius 2 is 1.73 bits per heavy atom. The van der Waals surface area contributed by atoms with Crippen LogP contribution in [0.25, 0.3) is 11.3 Å². The van der Waals surface area contributed by atoms with Gasteiger partial charge in [0, 0.05) is 17.1 Å². The Labute approximate surface area is 160 Å². The minimum absolute atomic E-state index is 0.628. The maximum atomic E-state index is 5.97. The molecule has 0 aliphatic heterocycles. The Bertz CT molecular complexity index is 810. The van der Waals surface area contributed by atoms with E-state index in [-0.39, 0.29) is 0 Å². The lowest BCUT2D eigenvalue weighted by atomic mass is 10.1. The highest BCUT2D eigenvalue weighted by Crippen LogP contribution is 2.20. The summed E-state index contributed by atoms with van der Waals surface area (Å²) in [6.07, 6.45) is 1.15. The van der Waals surface area contributed by atoms with Gasteiger partial charge in [-0.3, -0.25) is 0 Å². The van der Waals surface area contributed by atoms with Crippen molar-refractivity contribution >= 4 is 11.6 Å². The first-order valence-corrected chi connectivity index (χ1v) is 9.44. The zero-order valence-electron chi connectivity index (χ0n) is 15.3. The van der Waals surface area contributed by atoms with Crippen LogP contribution in [0.5, 0.6) is 0 Å². The smallest absolute Gasteiger partial charge is 0.117 e. The summed E-state index contributed by atoms with van der Waals surface area (Å²) in [5.74, 6) is 0.691. The number of rotatable bonds is 8. The van der Waals surface area contributed by atoms with Crippen molar-refractivity contribution in [3.8, 4) is 11.3 Å². The molecule has 1 N–H and O–H groups in total. The molecule has 5 heteroatoms. The summed E-state index contributed by atoms with van der Waals surface area (Å²) in [7, 11) is 0. The topological polar surface area (TPSA) is 42.7 Å². The predicted molar refractivity (Wildman–Crippen MR) is 107 cm³/mol. The van der Waals surface area contributed by atoms with Crippen LogP contribution in [0.3, 0.4) is 0 Å². The van der Waals surface area contributed by atoms with Crippen LogP contribution >= 0.6 is 11.6 Å². The summed E-state index contributed by atoms with van der Waals surface area (Å²) in [5.41, 5.74) is 4.14. The maximum absolute atomic E-state index is 5.97. The fourth-order valence-corrected chi connectivity index (χ4v) is 2.87. The van der Waals surface area contributed by atoms with Gasteiger partial charge in [-0.2, -0.15) is 15.0 Å². The zero-order valence-corrected chi connectivity index (χ0v) is 16.1. The van der Waals surface area contributed by atoms with Gasteiger partial charge < -0.3 is 5.32 Å². The normalized spacial score (nSPS) is 11.2. The number of benzene rings is 2. The van der Waals surface area contributed by atoms with E-state index in [1.807, 2.05) is 42.5 Å². The molecule has 0 aliphatic carbocycles. The van der Waals surface area contributed by atoms with Crippen molar-refractivity contribution < 1.29 is 0 Å².